The van der Waals surface area contributed by atoms with E-state index < -0.39 is 22.6 Å². The van der Waals surface area contributed by atoms with Gasteiger partial charge < -0.3 is 19.8 Å². The molecular weight excluding hydrogens is 582 g/mol. The van der Waals surface area contributed by atoms with Crippen LogP contribution in [0.5, 0.6) is 0 Å². The van der Waals surface area contributed by atoms with Crippen molar-refractivity contribution in [3.63, 3.8) is 0 Å². The van der Waals surface area contributed by atoms with Gasteiger partial charge in [-0.15, -0.1) is 24.9 Å². The minimum atomic E-state index is -0.701. The molecule has 8 heteroatoms. The third-order valence-corrected chi connectivity index (χ3v) is 11.6. The number of fused-ring (bicyclic) bond motifs is 2. The fraction of sp³-hybridized carbons (Fsp3) is 0.378. The van der Waals surface area contributed by atoms with Gasteiger partial charge in [-0.25, -0.2) is 0 Å². The maximum absolute atomic E-state index is 14.9. The second kappa shape index (κ2) is 13.2. The first-order valence-electron chi connectivity index (χ1n) is 15.9. The van der Waals surface area contributed by atoms with Crippen molar-refractivity contribution in [1.82, 2.24) is 4.90 Å². The lowest BCUT2D eigenvalue weighted by Crippen LogP contribution is -2.55. The Kier molecular flexibility index (Phi) is 9.15. The van der Waals surface area contributed by atoms with Crippen LogP contribution in [0.4, 0.5) is 11.4 Å². The van der Waals surface area contributed by atoms with Crippen LogP contribution >= 0.6 is 11.8 Å². The number of aliphatic hydroxyl groups is 1. The van der Waals surface area contributed by atoms with Crippen molar-refractivity contribution in [3.05, 3.63) is 98.1 Å². The van der Waals surface area contributed by atoms with Crippen molar-refractivity contribution in [2.75, 3.05) is 36.0 Å². The van der Waals surface area contributed by atoms with Crippen molar-refractivity contribution < 1.29 is 19.5 Å². The fourth-order valence-corrected chi connectivity index (χ4v) is 9.92. The van der Waals surface area contributed by atoms with Crippen LogP contribution in [0.1, 0.15) is 32.1 Å². The van der Waals surface area contributed by atoms with Gasteiger partial charge in [0.15, 0.2) is 0 Å². The van der Waals surface area contributed by atoms with Gasteiger partial charge in [0.25, 0.3) is 5.91 Å². The number of amides is 3. The average Bonchev–Trinajstić information content (AvgIpc) is 3.71. The van der Waals surface area contributed by atoms with Gasteiger partial charge in [-0.1, -0.05) is 60.7 Å². The van der Waals surface area contributed by atoms with Crippen molar-refractivity contribution in [2.45, 2.75) is 48.1 Å². The Morgan fingerprint density at radius 1 is 0.889 bits per heavy atom. The largest absolute Gasteiger partial charge is 0.396 e. The predicted molar refractivity (Wildman–Crippen MR) is 182 cm³/mol. The van der Waals surface area contributed by atoms with Gasteiger partial charge in [0, 0.05) is 42.9 Å². The van der Waals surface area contributed by atoms with Gasteiger partial charge in [0.1, 0.15) is 6.04 Å². The summed E-state index contributed by atoms with van der Waals surface area (Å²) in [6, 6.07) is 22.9. The van der Waals surface area contributed by atoms with Gasteiger partial charge in [-0.2, -0.15) is 0 Å². The van der Waals surface area contributed by atoms with Crippen LogP contribution < -0.4 is 9.80 Å². The maximum atomic E-state index is 14.9. The zero-order valence-corrected chi connectivity index (χ0v) is 26.4. The molecule has 7 nitrogen and oxygen atoms in total. The summed E-state index contributed by atoms with van der Waals surface area (Å²) in [4.78, 5) is 49.2. The number of benzene rings is 3. The molecule has 3 fully saturated rings. The average molecular weight is 624 g/mol. The first-order chi connectivity index (χ1) is 21.9. The van der Waals surface area contributed by atoms with E-state index in [0.29, 0.717) is 38.9 Å². The van der Waals surface area contributed by atoms with Gasteiger partial charge in [-0.3, -0.25) is 14.4 Å². The molecule has 0 aromatic heterocycles. The Morgan fingerprint density at radius 2 is 1.58 bits per heavy atom. The zero-order chi connectivity index (χ0) is 31.6. The molecule has 3 amide bonds. The highest BCUT2D eigenvalue weighted by Crippen LogP contribution is 2.67. The van der Waals surface area contributed by atoms with Crippen molar-refractivity contribution >= 4 is 51.6 Å². The number of carbonyl (C=O) groups is 3. The summed E-state index contributed by atoms with van der Waals surface area (Å²) in [6.07, 6.45) is 6.99. The van der Waals surface area contributed by atoms with E-state index in [0.717, 1.165) is 35.0 Å². The standard InChI is InChI=1S/C37H41N3O4S/c1-3-21-38(28-15-7-5-8-16-28)34(42)31-30-19-20-37(45-30)32(31)35(43)40(23-11-6-12-24-41)33(37)36(44)39(22-4-2)29-18-17-26-13-9-10-14-27(26)25-29/h3-5,7-10,13-18,25,30-33,41H,1-2,6,11-12,19-24H2/t30-,31+,32-,33?,37?/m0/s1. The number of carbonyl (C=O) groups excluding carboxylic acids is 3. The quantitative estimate of drug-likeness (QED) is 0.191. The van der Waals surface area contributed by atoms with Crippen molar-refractivity contribution in [2.24, 2.45) is 11.8 Å². The molecule has 0 aliphatic carbocycles. The van der Waals surface area contributed by atoms with Crippen LogP contribution in [-0.2, 0) is 14.4 Å². The molecule has 1 N–H and O–H groups in total. The normalized spacial score (nSPS) is 24.9. The topological polar surface area (TPSA) is 81.2 Å². The van der Waals surface area contributed by atoms with Gasteiger partial charge >= 0.3 is 0 Å². The van der Waals surface area contributed by atoms with E-state index in [9.17, 15) is 19.5 Å². The SMILES string of the molecule is C=CCN(C(=O)C1N(CCCCCO)C(=O)[C@@H]2[C@H](C(=O)N(CC=C)c3ccccc3)[C@@H]3CCC12S3)c1ccc2ccccc2c1. The van der Waals surface area contributed by atoms with Gasteiger partial charge in [0.2, 0.25) is 11.8 Å². The smallest absolute Gasteiger partial charge is 0.251 e. The van der Waals surface area contributed by atoms with Gasteiger partial charge in [0.05, 0.1) is 16.6 Å². The monoisotopic (exact) mass is 623 g/mol. The highest BCUT2D eigenvalue weighted by molar-refractivity contribution is 8.02. The second-order valence-corrected chi connectivity index (χ2v) is 13.8. The Hall–Kier alpha value is -3.88. The first-order valence-corrected chi connectivity index (χ1v) is 16.8. The number of aliphatic hydroxyl groups excluding tert-OH is 1. The molecule has 2 unspecified atom stereocenters. The maximum Gasteiger partial charge on any atom is 0.251 e. The number of para-hydroxylation sites is 1. The molecule has 3 aliphatic heterocycles. The lowest BCUT2D eigenvalue weighted by Gasteiger charge is -2.37. The summed E-state index contributed by atoms with van der Waals surface area (Å²) in [5.74, 6) is -1.42. The number of thioether (sulfide) groups is 1. The van der Waals surface area contributed by atoms with E-state index in [1.54, 1.807) is 38.6 Å². The Morgan fingerprint density at radius 3 is 2.29 bits per heavy atom. The van der Waals surface area contributed by atoms with E-state index in [-0.39, 0.29) is 29.6 Å². The Bertz CT molecular complexity index is 1590. The zero-order valence-electron chi connectivity index (χ0n) is 25.6. The van der Waals surface area contributed by atoms with E-state index in [4.69, 9.17) is 0 Å². The number of nitrogens with zero attached hydrogens (tertiary/aromatic N) is 3. The molecule has 3 aromatic rings. The molecule has 3 heterocycles. The van der Waals surface area contributed by atoms with Crippen LogP contribution in [0.15, 0.2) is 98.1 Å². The minimum Gasteiger partial charge on any atom is -0.396 e. The molecule has 6 rings (SSSR count). The molecule has 3 aliphatic rings. The number of likely N-dealkylation sites (tertiary alicyclic amines) is 1. The number of hydrogen-bond acceptors (Lipinski definition) is 5. The molecule has 3 aromatic carbocycles. The predicted octanol–water partition coefficient (Wildman–Crippen LogP) is 5.83. The molecule has 0 radical (unpaired) electrons. The third-order valence-electron chi connectivity index (χ3n) is 9.64. The van der Waals surface area contributed by atoms with Crippen LogP contribution in [0, 0.1) is 11.8 Å². The molecular formula is C37H41N3O4S. The van der Waals surface area contributed by atoms with Crippen LogP contribution in [0.3, 0.4) is 0 Å². The van der Waals surface area contributed by atoms with E-state index in [1.165, 1.54) is 0 Å². The second-order valence-electron chi connectivity index (χ2n) is 12.2. The Balaban J connectivity index is 1.39. The molecule has 2 bridgehead atoms. The number of rotatable bonds is 13. The highest BCUT2D eigenvalue weighted by atomic mass is 32.2. The molecule has 234 valence electrons. The van der Waals surface area contributed by atoms with E-state index in [1.807, 2.05) is 72.8 Å². The summed E-state index contributed by atoms with van der Waals surface area (Å²) in [5.41, 5.74) is 1.54. The summed E-state index contributed by atoms with van der Waals surface area (Å²) in [6.45, 7) is 8.99. The third kappa shape index (κ3) is 5.48. The minimum absolute atomic E-state index is 0.0390. The summed E-state index contributed by atoms with van der Waals surface area (Å²) < 4.78 is -0.692. The van der Waals surface area contributed by atoms with Crippen LogP contribution in [0.2, 0.25) is 0 Å². The molecule has 45 heavy (non-hydrogen) atoms. The summed E-state index contributed by atoms with van der Waals surface area (Å²) >= 11 is 1.69. The first kappa shape index (κ1) is 31.1. The van der Waals surface area contributed by atoms with Crippen molar-refractivity contribution in [1.29, 1.82) is 0 Å². The number of anilines is 2. The highest BCUT2D eigenvalue weighted by Gasteiger charge is 2.74. The van der Waals surface area contributed by atoms with Crippen LogP contribution in [-0.4, -0.2) is 70.0 Å². The number of hydrogen-bond donors (Lipinski definition) is 1. The summed E-state index contributed by atoms with van der Waals surface area (Å²) in [5, 5.41) is 11.5. The fourth-order valence-electron chi connectivity index (χ4n) is 7.71. The van der Waals surface area contributed by atoms with E-state index >= 15 is 0 Å². The molecule has 0 saturated carbocycles. The van der Waals surface area contributed by atoms with Crippen molar-refractivity contribution in [3.8, 4) is 0 Å². The Labute approximate surface area is 269 Å². The molecule has 1 spiro atoms. The van der Waals surface area contributed by atoms with Crippen LogP contribution in [0.25, 0.3) is 10.8 Å². The lowest BCUT2D eigenvalue weighted by atomic mass is 9.70. The van der Waals surface area contributed by atoms with Gasteiger partial charge in [-0.05, 0) is 67.1 Å². The van der Waals surface area contributed by atoms with E-state index in [2.05, 4.69) is 13.2 Å². The lowest BCUT2D eigenvalue weighted by molar-refractivity contribution is -0.139. The number of unbranched alkanes of at least 4 members (excludes halogenated alkanes) is 2. The molecule has 3 saturated heterocycles. The molecule has 5 atom stereocenters. The summed E-state index contributed by atoms with van der Waals surface area (Å²) in [7, 11) is 0.